The molecular formula is C17H22FNO3. The van der Waals surface area contributed by atoms with Crippen molar-refractivity contribution in [3.8, 4) is 11.5 Å². The summed E-state index contributed by atoms with van der Waals surface area (Å²) < 4.78 is 25.4. The lowest BCUT2D eigenvalue weighted by atomic mass is 9.65. The van der Waals surface area contributed by atoms with E-state index in [4.69, 9.17) is 9.47 Å². The van der Waals surface area contributed by atoms with E-state index in [2.05, 4.69) is 4.90 Å². The van der Waals surface area contributed by atoms with E-state index in [1.807, 2.05) is 7.05 Å². The second-order valence-electron chi connectivity index (χ2n) is 6.31. The summed E-state index contributed by atoms with van der Waals surface area (Å²) in [6, 6.07) is 3.64. The molecule has 1 aromatic carbocycles. The van der Waals surface area contributed by atoms with Crippen molar-refractivity contribution in [2.75, 3.05) is 27.8 Å². The highest BCUT2D eigenvalue weighted by molar-refractivity contribution is 5.81. The van der Waals surface area contributed by atoms with E-state index in [-0.39, 0.29) is 28.8 Å². The molecule has 1 saturated carbocycles. The predicted octanol–water partition coefficient (Wildman–Crippen LogP) is 2.54. The number of hydrogen-bond donors (Lipinski definition) is 0. The van der Waals surface area contributed by atoms with Crippen LogP contribution in [0.25, 0.3) is 0 Å². The van der Waals surface area contributed by atoms with Gasteiger partial charge in [0, 0.05) is 24.3 Å². The summed E-state index contributed by atoms with van der Waals surface area (Å²) >= 11 is 0. The Labute approximate surface area is 130 Å². The topological polar surface area (TPSA) is 38.8 Å². The molecular weight excluding hydrogens is 285 g/mol. The zero-order valence-corrected chi connectivity index (χ0v) is 13.3. The van der Waals surface area contributed by atoms with Gasteiger partial charge in [-0.25, -0.2) is 4.39 Å². The average Bonchev–Trinajstić information content (AvgIpc) is 2.85. The van der Waals surface area contributed by atoms with Gasteiger partial charge in [-0.05, 0) is 38.1 Å². The summed E-state index contributed by atoms with van der Waals surface area (Å²) in [5.41, 5.74) is 0.360. The SMILES string of the molecule is COc1ccc([C@@]23CCC(=O)C[C@H]2N(C)CC3)c(F)c1OC. The number of hydrogen-bond acceptors (Lipinski definition) is 4. The Kier molecular flexibility index (Phi) is 3.85. The molecule has 120 valence electrons. The second-order valence-corrected chi connectivity index (χ2v) is 6.31. The first-order chi connectivity index (χ1) is 10.5. The largest absolute Gasteiger partial charge is 0.493 e. The van der Waals surface area contributed by atoms with Crippen LogP contribution in [0.3, 0.4) is 0 Å². The van der Waals surface area contributed by atoms with Crippen LogP contribution in [0.1, 0.15) is 31.2 Å². The standard InChI is InChI=1S/C17H22FNO3/c1-19-9-8-17(7-6-11(20)10-14(17)19)12-4-5-13(21-2)16(22-3)15(12)18/h4-5,14H,6-10H2,1-3H3/t14-,17+/m1/s1. The van der Waals surface area contributed by atoms with E-state index < -0.39 is 0 Å². The first kappa shape index (κ1) is 15.3. The van der Waals surface area contributed by atoms with Gasteiger partial charge in [0.05, 0.1) is 14.2 Å². The molecule has 3 rings (SSSR count). The quantitative estimate of drug-likeness (QED) is 0.860. The third-order valence-electron chi connectivity index (χ3n) is 5.37. The number of fused-ring (bicyclic) bond motifs is 1. The monoisotopic (exact) mass is 307 g/mol. The molecule has 2 atom stereocenters. The Morgan fingerprint density at radius 2 is 2.05 bits per heavy atom. The Morgan fingerprint density at radius 3 is 2.73 bits per heavy atom. The molecule has 0 unspecified atom stereocenters. The van der Waals surface area contributed by atoms with Gasteiger partial charge >= 0.3 is 0 Å². The zero-order chi connectivity index (χ0) is 15.9. The lowest BCUT2D eigenvalue weighted by Gasteiger charge is -2.41. The number of carbonyl (C=O) groups is 1. The van der Waals surface area contributed by atoms with Crippen molar-refractivity contribution in [1.29, 1.82) is 0 Å². The van der Waals surface area contributed by atoms with Crippen LogP contribution in [-0.2, 0) is 10.2 Å². The molecule has 0 radical (unpaired) electrons. The van der Waals surface area contributed by atoms with Crippen LogP contribution in [0, 0.1) is 5.82 Å². The third kappa shape index (κ3) is 2.10. The van der Waals surface area contributed by atoms with E-state index in [1.54, 1.807) is 12.1 Å². The minimum atomic E-state index is -0.350. The number of ketones is 1. The van der Waals surface area contributed by atoms with E-state index in [0.717, 1.165) is 13.0 Å². The second kappa shape index (κ2) is 5.54. The molecule has 1 saturated heterocycles. The van der Waals surface area contributed by atoms with Crippen LogP contribution in [-0.4, -0.2) is 44.5 Å². The van der Waals surface area contributed by atoms with Gasteiger partial charge < -0.3 is 14.4 Å². The van der Waals surface area contributed by atoms with Gasteiger partial charge in [-0.15, -0.1) is 0 Å². The molecule has 0 aromatic heterocycles. The number of likely N-dealkylation sites (tertiary alicyclic amines) is 1. The van der Waals surface area contributed by atoms with E-state index in [9.17, 15) is 4.79 Å². The molecule has 0 bridgehead atoms. The fraction of sp³-hybridized carbons (Fsp3) is 0.588. The zero-order valence-electron chi connectivity index (χ0n) is 13.3. The highest BCUT2D eigenvalue weighted by atomic mass is 19.1. The third-order valence-corrected chi connectivity index (χ3v) is 5.37. The molecule has 1 aromatic rings. The van der Waals surface area contributed by atoms with E-state index in [1.165, 1.54) is 14.2 Å². The Morgan fingerprint density at radius 1 is 1.27 bits per heavy atom. The normalized spacial score (nSPS) is 28.5. The van der Waals surface area contributed by atoms with Crippen molar-refractivity contribution >= 4 is 5.78 Å². The van der Waals surface area contributed by atoms with Gasteiger partial charge in [0.2, 0.25) is 0 Å². The Balaban J connectivity index is 2.11. The molecule has 2 fully saturated rings. The molecule has 22 heavy (non-hydrogen) atoms. The number of benzene rings is 1. The lowest BCUT2D eigenvalue weighted by Crippen LogP contribution is -2.46. The number of carbonyl (C=O) groups excluding carboxylic acids is 1. The number of likely N-dealkylation sites (N-methyl/N-ethyl adjacent to an activating group) is 1. The first-order valence-electron chi connectivity index (χ1n) is 7.66. The minimum absolute atomic E-state index is 0.0707. The molecule has 1 heterocycles. The van der Waals surface area contributed by atoms with E-state index in [0.29, 0.717) is 30.6 Å². The van der Waals surface area contributed by atoms with Gasteiger partial charge in [-0.1, -0.05) is 6.07 Å². The predicted molar refractivity (Wildman–Crippen MR) is 81.1 cm³/mol. The number of methoxy groups -OCH3 is 2. The average molecular weight is 307 g/mol. The number of ether oxygens (including phenoxy) is 2. The maximum absolute atomic E-state index is 15.1. The highest BCUT2D eigenvalue weighted by Crippen LogP contribution is 2.50. The van der Waals surface area contributed by atoms with Gasteiger partial charge in [0.25, 0.3) is 0 Å². The number of nitrogens with zero attached hydrogens (tertiary/aromatic N) is 1. The van der Waals surface area contributed by atoms with Crippen LogP contribution in [0.2, 0.25) is 0 Å². The Bertz CT molecular complexity index is 604. The summed E-state index contributed by atoms with van der Waals surface area (Å²) in [7, 11) is 4.97. The van der Waals surface area contributed by atoms with Crippen molar-refractivity contribution < 1.29 is 18.7 Å². The molecule has 2 aliphatic rings. The van der Waals surface area contributed by atoms with Crippen molar-refractivity contribution in [3.05, 3.63) is 23.5 Å². The summed E-state index contributed by atoms with van der Waals surface area (Å²) in [6.45, 7) is 0.881. The summed E-state index contributed by atoms with van der Waals surface area (Å²) in [4.78, 5) is 14.1. The fourth-order valence-electron chi connectivity index (χ4n) is 4.17. The van der Waals surface area contributed by atoms with Crippen molar-refractivity contribution in [2.45, 2.75) is 37.1 Å². The summed E-state index contributed by atoms with van der Waals surface area (Å²) in [5.74, 6) is 0.473. The lowest BCUT2D eigenvalue weighted by molar-refractivity contribution is -0.122. The van der Waals surface area contributed by atoms with Crippen LogP contribution in [0.5, 0.6) is 11.5 Å². The first-order valence-corrected chi connectivity index (χ1v) is 7.66. The molecule has 4 nitrogen and oxygen atoms in total. The van der Waals surface area contributed by atoms with Gasteiger partial charge in [-0.2, -0.15) is 0 Å². The fourth-order valence-corrected chi connectivity index (χ4v) is 4.17. The highest BCUT2D eigenvalue weighted by Gasteiger charge is 2.51. The maximum atomic E-state index is 15.1. The van der Waals surface area contributed by atoms with Crippen molar-refractivity contribution in [3.63, 3.8) is 0 Å². The van der Waals surface area contributed by atoms with Crippen molar-refractivity contribution in [2.24, 2.45) is 0 Å². The van der Waals surface area contributed by atoms with Crippen LogP contribution in [0.15, 0.2) is 12.1 Å². The smallest absolute Gasteiger partial charge is 0.197 e. The van der Waals surface area contributed by atoms with Crippen LogP contribution >= 0.6 is 0 Å². The number of halogens is 1. The molecule has 1 aliphatic carbocycles. The molecule has 1 aliphatic heterocycles. The minimum Gasteiger partial charge on any atom is -0.493 e. The van der Waals surface area contributed by atoms with Crippen molar-refractivity contribution in [1.82, 2.24) is 4.90 Å². The Hall–Kier alpha value is -1.62. The van der Waals surface area contributed by atoms with Gasteiger partial charge in [0.15, 0.2) is 17.3 Å². The van der Waals surface area contributed by atoms with Crippen LogP contribution in [0.4, 0.5) is 4.39 Å². The van der Waals surface area contributed by atoms with Gasteiger partial charge in [0.1, 0.15) is 5.78 Å². The summed E-state index contributed by atoms with van der Waals surface area (Å²) in [5, 5.41) is 0. The van der Waals surface area contributed by atoms with Crippen LogP contribution < -0.4 is 9.47 Å². The molecule has 0 amide bonds. The van der Waals surface area contributed by atoms with Gasteiger partial charge in [-0.3, -0.25) is 4.79 Å². The van der Waals surface area contributed by atoms with E-state index >= 15 is 4.39 Å². The molecule has 5 heteroatoms. The number of Topliss-reactive ketones (excluding diaryl/α,β-unsaturated/α-hetero) is 1. The molecule has 0 N–H and O–H groups in total. The number of rotatable bonds is 3. The molecule has 0 spiro atoms. The summed E-state index contributed by atoms with van der Waals surface area (Å²) in [6.07, 6.45) is 2.60. The maximum Gasteiger partial charge on any atom is 0.197 e.